The summed E-state index contributed by atoms with van der Waals surface area (Å²) in [6.07, 6.45) is 5.48. The van der Waals surface area contributed by atoms with Gasteiger partial charge in [-0.15, -0.1) is 0 Å². The maximum absolute atomic E-state index is 8.86. The van der Waals surface area contributed by atoms with Crippen molar-refractivity contribution in [2.24, 2.45) is 5.92 Å². The Morgan fingerprint density at radius 1 is 1.50 bits per heavy atom. The van der Waals surface area contributed by atoms with E-state index >= 15 is 0 Å². The van der Waals surface area contributed by atoms with Crippen molar-refractivity contribution in [3.63, 3.8) is 0 Å². The number of hydrogen-bond acceptors (Lipinski definition) is 4. The normalized spacial score (nSPS) is 16.6. The largest absolute Gasteiger partial charge is 0.371 e. The van der Waals surface area contributed by atoms with E-state index in [2.05, 4.69) is 21.3 Å². The van der Waals surface area contributed by atoms with E-state index in [0.29, 0.717) is 5.69 Å². The molecule has 4 nitrogen and oxygen atoms in total. The van der Waals surface area contributed by atoms with Gasteiger partial charge < -0.3 is 10.2 Å². The maximum atomic E-state index is 8.86. The first-order chi connectivity index (χ1) is 8.83. The lowest BCUT2D eigenvalue weighted by molar-refractivity contribution is 0.378. The quantitative estimate of drug-likeness (QED) is 0.877. The number of nitriles is 1. The molecule has 0 aromatic carbocycles. The summed E-state index contributed by atoms with van der Waals surface area (Å²) in [7, 11) is 2.01. The van der Waals surface area contributed by atoms with E-state index in [1.54, 1.807) is 6.20 Å². The van der Waals surface area contributed by atoms with Gasteiger partial charge in [-0.05, 0) is 50.9 Å². The molecule has 1 aliphatic heterocycles. The Morgan fingerprint density at radius 2 is 2.28 bits per heavy atom. The van der Waals surface area contributed by atoms with Gasteiger partial charge in [0.1, 0.15) is 11.8 Å². The van der Waals surface area contributed by atoms with Crippen LogP contribution in [0.25, 0.3) is 0 Å². The van der Waals surface area contributed by atoms with Gasteiger partial charge >= 0.3 is 0 Å². The highest BCUT2D eigenvalue weighted by molar-refractivity contribution is 5.48. The molecule has 18 heavy (non-hydrogen) atoms. The van der Waals surface area contributed by atoms with Crippen molar-refractivity contribution < 1.29 is 0 Å². The third-order valence-electron chi connectivity index (χ3n) is 3.64. The SMILES string of the molecule is CNCCC1CCN(c2ccnc(C#N)c2)CC1. The first-order valence-corrected chi connectivity index (χ1v) is 6.59. The highest BCUT2D eigenvalue weighted by Crippen LogP contribution is 2.24. The van der Waals surface area contributed by atoms with Crippen LogP contribution in [0.1, 0.15) is 25.0 Å². The summed E-state index contributed by atoms with van der Waals surface area (Å²) in [6, 6.07) is 5.97. The Labute approximate surface area is 109 Å². The monoisotopic (exact) mass is 244 g/mol. The Bertz CT molecular complexity index is 416. The molecule has 96 valence electrons. The highest BCUT2D eigenvalue weighted by Gasteiger charge is 2.19. The van der Waals surface area contributed by atoms with Crippen molar-refractivity contribution in [1.29, 1.82) is 5.26 Å². The average Bonchev–Trinajstić information content (AvgIpc) is 2.46. The van der Waals surface area contributed by atoms with E-state index in [1.165, 1.54) is 19.3 Å². The van der Waals surface area contributed by atoms with Crippen molar-refractivity contribution in [3.05, 3.63) is 24.0 Å². The maximum Gasteiger partial charge on any atom is 0.142 e. The summed E-state index contributed by atoms with van der Waals surface area (Å²) in [5, 5.41) is 12.1. The fraction of sp³-hybridized carbons (Fsp3) is 0.571. The average molecular weight is 244 g/mol. The Balaban J connectivity index is 1.91. The Hall–Kier alpha value is -1.60. The number of nitrogens with one attached hydrogen (secondary N) is 1. The molecule has 1 aromatic heterocycles. The van der Waals surface area contributed by atoms with Crippen molar-refractivity contribution >= 4 is 5.69 Å². The van der Waals surface area contributed by atoms with E-state index in [0.717, 1.165) is 31.2 Å². The van der Waals surface area contributed by atoms with Crippen LogP contribution in [0.5, 0.6) is 0 Å². The fourth-order valence-corrected chi connectivity index (χ4v) is 2.51. The molecular weight excluding hydrogens is 224 g/mol. The molecule has 0 aliphatic carbocycles. The van der Waals surface area contributed by atoms with Crippen LogP contribution in [0.4, 0.5) is 5.69 Å². The molecule has 4 heteroatoms. The zero-order chi connectivity index (χ0) is 12.8. The number of aromatic nitrogens is 1. The molecular formula is C14H20N4. The molecule has 1 fully saturated rings. The van der Waals surface area contributed by atoms with E-state index in [1.807, 2.05) is 19.2 Å². The Morgan fingerprint density at radius 3 is 2.94 bits per heavy atom. The van der Waals surface area contributed by atoms with Crippen LogP contribution in [-0.4, -0.2) is 31.7 Å². The summed E-state index contributed by atoms with van der Waals surface area (Å²) in [5.41, 5.74) is 1.64. The van der Waals surface area contributed by atoms with Crippen LogP contribution in [-0.2, 0) is 0 Å². The van der Waals surface area contributed by atoms with E-state index in [-0.39, 0.29) is 0 Å². The zero-order valence-electron chi connectivity index (χ0n) is 10.9. The van der Waals surface area contributed by atoms with Crippen molar-refractivity contribution in [2.45, 2.75) is 19.3 Å². The van der Waals surface area contributed by atoms with Crippen molar-refractivity contribution in [2.75, 3.05) is 31.6 Å². The Kier molecular flexibility index (Phi) is 4.54. The summed E-state index contributed by atoms with van der Waals surface area (Å²) < 4.78 is 0. The molecule has 0 spiro atoms. The second-order valence-corrected chi connectivity index (χ2v) is 4.83. The third-order valence-corrected chi connectivity index (χ3v) is 3.64. The smallest absolute Gasteiger partial charge is 0.142 e. The molecule has 1 saturated heterocycles. The van der Waals surface area contributed by atoms with Crippen LogP contribution in [0.15, 0.2) is 18.3 Å². The van der Waals surface area contributed by atoms with Crippen molar-refractivity contribution in [1.82, 2.24) is 10.3 Å². The van der Waals surface area contributed by atoms with Crippen LogP contribution >= 0.6 is 0 Å². The molecule has 2 heterocycles. The topological polar surface area (TPSA) is 52.0 Å². The summed E-state index contributed by atoms with van der Waals surface area (Å²) in [4.78, 5) is 6.37. The lowest BCUT2D eigenvalue weighted by Crippen LogP contribution is -2.34. The second-order valence-electron chi connectivity index (χ2n) is 4.83. The number of piperidine rings is 1. The number of nitrogens with zero attached hydrogens (tertiary/aromatic N) is 3. The fourth-order valence-electron chi connectivity index (χ4n) is 2.51. The molecule has 0 radical (unpaired) electrons. The van der Waals surface area contributed by atoms with Crippen molar-refractivity contribution in [3.8, 4) is 6.07 Å². The number of pyridine rings is 1. The third kappa shape index (κ3) is 3.21. The molecule has 0 bridgehead atoms. The first-order valence-electron chi connectivity index (χ1n) is 6.59. The predicted octanol–water partition coefficient (Wildman–Crippen LogP) is 1.78. The van der Waals surface area contributed by atoms with Gasteiger partial charge in [-0.1, -0.05) is 0 Å². The van der Waals surface area contributed by atoms with Gasteiger partial charge in [-0.3, -0.25) is 0 Å². The summed E-state index contributed by atoms with van der Waals surface area (Å²) >= 11 is 0. The number of rotatable bonds is 4. The molecule has 0 unspecified atom stereocenters. The van der Waals surface area contributed by atoms with Gasteiger partial charge in [0.05, 0.1) is 0 Å². The standard InChI is InChI=1S/C14H20N4/c1-16-6-2-12-4-8-18(9-5-12)14-3-7-17-13(10-14)11-15/h3,7,10,12,16H,2,4-6,8-9H2,1H3. The van der Waals surface area contributed by atoms with Gasteiger partial charge in [-0.2, -0.15) is 5.26 Å². The molecule has 1 aromatic rings. The van der Waals surface area contributed by atoms with E-state index < -0.39 is 0 Å². The van der Waals surface area contributed by atoms with Gasteiger partial charge in [0.15, 0.2) is 0 Å². The van der Waals surface area contributed by atoms with Gasteiger partial charge in [0, 0.05) is 25.0 Å². The number of anilines is 1. The first kappa shape index (κ1) is 12.8. The minimum Gasteiger partial charge on any atom is -0.371 e. The highest BCUT2D eigenvalue weighted by atomic mass is 15.1. The van der Waals surface area contributed by atoms with Crippen LogP contribution in [0.3, 0.4) is 0 Å². The van der Waals surface area contributed by atoms with E-state index in [9.17, 15) is 0 Å². The second kappa shape index (κ2) is 6.36. The molecule has 2 rings (SSSR count). The van der Waals surface area contributed by atoms with Crippen LogP contribution in [0, 0.1) is 17.2 Å². The lowest BCUT2D eigenvalue weighted by Gasteiger charge is -2.33. The minimum absolute atomic E-state index is 0.504. The predicted molar refractivity (Wildman–Crippen MR) is 72.4 cm³/mol. The summed E-state index contributed by atoms with van der Waals surface area (Å²) in [6.45, 7) is 3.28. The number of hydrogen-bond donors (Lipinski definition) is 1. The molecule has 1 aliphatic rings. The summed E-state index contributed by atoms with van der Waals surface area (Å²) in [5.74, 6) is 0.839. The van der Waals surface area contributed by atoms with Gasteiger partial charge in [-0.25, -0.2) is 4.98 Å². The van der Waals surface area contributed by atoms with Gasteiger partial charge in [0.2, 0.25) is 0 Å². The van der Waals surface area contributed by atoms with Crippen LogP contribution in [0.2, 0.25) is 0 Å². The zero-order valence-corrected chi connectivity index (χ0v) is 10.9. The van der Waals surface area contributed by atoms with E-state index in [4.69, 9.17) is 5.26 Å². The molecule has 0 saturated carbocycles. The molecule has 1 N–H and O–H groups in total. The van der Waals surface area contributed by atoms with Gasteiger partial charge in [0.25, 0.3) is 0 Å². The lowest BCUT2D eigenvalue weighted by atomic mass is 9.93. The van der Waals surface area contributed by atoms with Crippen LogP contribution < -0.4 is 10.2 Å². The minimum atomic E-state index is 0.504. The molecule has 0 amide bonds. The molecule has 0 atom stereocenters.